The van der Waals surface area contributed by atoms with E-state index in [1.54, 1.807) is 6.07 Å². The summed E-state index contributed by atoms with van der Waals surface area (Å²) < 4.78 is 0. The Bertz CT molecular complexity index is 1750. The highest BCUT2D eigenvalue weighted by atomic mass is 32.1. The van der Waals surface area contributed by atoms with Crippen LogP contribution in [0.15, 0.2) is 73.1 Å². The van der Waals surface area contributed by atoms with Crippen molar-refractivity contribution in [3.05, 3.63) is 93.9 Å². The van der Waals surface area contributed by atoms with E-state index in [0.717, 1.165) is 33.0 Å². The van der Waals surface area contributed by atoms with Gasteiger partial charge in [0.25, 0.3) is 5.91 Å². The molecule has 0 radical (unpaired) electrons. The number of carbonyl (C=O) groups is 3. The van der Waals surface area contributed by atoms with Crippen molar-refractivity contribution < 1.29 is 19.5 Å². The minimum absolute atomic E-state index is 0.0908. The van der Waals surface area contributed by atoms with E-state index >= 15 is 0 Å². The number of nitrogens with one attached hydrogen (secondary N) is 1. The van der Waals surface area contributed by atoms with Crippen LogP contribution in [-0.2, 0) is 21.4 Å². The molecule has 2 aromatic carbocycles. The van der Waals surface area contributed by atoms with E-state index in [-0.39, 0.29) is 36.7 Å². The lowest BCUT2D eigenvalue weighted by Gasteiger charge is -2.38. The maximum Gasteiger partial charge on any atom is 0.310 e. The van der Waals surface area contributed by atoms with Gasteiger partial charge in [-0.3, -0.25) is 14.4 Å². The molecule has 1 saturated carbocycles. The molecule has 0 bridgehead atoms. The van der Waals surface area contributed by atoms with Crippen LogP contribution in [0.1, 0.15) is 85.0 Å². The maximum absolute atomic E-state index is 13.5. The summed E-state index contributed by atoms with van der Waals surface area (Å²) in [4.78, 5) is 50.5. The second-order valence-electron chi connectivity index (χ2n) is 14.5. The van der Waals surface area contributed by atoms with Crippen molar-refractivity contribution in [1.82, 2.24) is 20.2 Å². The molecule has 2 aromatic heterocycles. The molecule has 6 rings (SSSR count). The molecule has 48 heavy (non-hydrogen) atoms. The molecular formula is C39H44N4O4S. The zero-order chi connectivity index (χ0) is 34.0. The van der Waals surface area contributed by atoms with Crippen LogP contribution in [0.25, 0.3) is 22.5 Å². The van der Waals surface area contributed by atoms with Crippen LogP contribution < -0.4 is 5.32 Å². The van der Waals surface area contributed by atoms with E-state index in [0.29, 0.717) is 16.6 Å². The van der Waals surface area contributed by atoms with Crippen LogP contribution in [0, 0.1) is 11.8 Å². The normalized spacial score (nSPS) is 19.0. The Labute approximate surface area is 286 Å². The highest BCUT2D eigenvalue weighted by Crippen LogP contribution is 2.36. The summed E-state index contributed by atoms with van der Waals surface area (Å²) in [6.45, 7) is 8.91. The third kappa shape index (κ3) is 7.67. The van der Waals surface area contributed by atoms with Crippen LogP contribution in [0.3, 0.4) is 0 Å². The van der Waals surface area contributed by atoms with E-state index in [9.17, 15) is 19.5 Å². The molecule has 1 aliphatic heterocycles. The van der Waals surface area contributed by atoms with Gasteiger partial charge in [0.2, 0.25) is 5.91 Å². The highest BCUT2D eigenvalue weighted by Gasteiger charge is 2.39. The van der Waals surface area contributed by atoms with Gasteiger partial charge >= 0.3 is 5.97 Å². The van der Waals surface area contributed by atoms with Crippen molar-refractivity contribution in [3.8, 4) is 22.5 Å². The Morgan fingerprint density at radius 1 is 0.875 bits per heavy atom. The first-order chi connectivity index (χ1) is 22.9. The van der Waals surface area contributed by atoms with Gasteiger partial charge in [-0.15, -0.1) is 11.3 Å². The molecule has 0 unspecified atom stereocenters. The van der Waals surface area contributed by atoms with Crippen molar-refractivity contribution in [3.63, 3.8) is 0 Å². The number of nitrogens with zero attached hydrogens (tertiary/aromatic N) is 3. The molecule has 250 valence electrons. The van der Waals surface area contributed by atoms with E-state index in [1.165, 1.54) is 47.5 Å². The number of benzene rings is 2. The Morgan fingerprint density at radius 2 is 1.50 bits per heavy atom. The third-order valence-electron chi connectivity index (χ3n) is 9.75. The SMILES string of the molecule is CC(C)(C)c1ccc(C(=O)N[C@@H](Cc2ccc(-c3ncc(-c4ccc([C@H]5CC[C@@H](C)CC5)cc4)cn3)cc2)C(=O)N2CC(C(=O)O)C2)s1. The van der Waals surface area contributed by atoms with E-state index in [2.05, 4.69) is 67.2 Å². The first kappa shape index (κ1) is 33.5. The van der Waals surface area contributed by atoms with Gasteiger partial charge in [-0.05, 0) is 58.9 Å². The smallest absolute Gasteiger partial charge is 0.310 e. The predicted molar refractivity (Wildman–Crippen MR) is 189 cm³/mol. The molecule has 2 N–H and O–H groups in total. The minimum atomic E-state index is -0.916. The Balaban J connectivity index is 1.12. The van der Waals surface area contributed by atoms with Crippen molar-refractivity contribution in [2.75, 3.05) is 13.1 Å². The fourth-order valence-corrected chi connectivity index (χ4v) is 7.49. The second-order valence-corrected chi connectivity index (χ2v) is 15.6. The van der Waals surface area contributed by atoms with Gasteiger partial charge in [-0.2, -0.15) is 0 Å². The fourth-order valence-electron chi connectivity index (χ4n) is 6.52. The number of hydrogen-bond acceptors (Lipinski definition) is 6. The highest BCUT2D eigenvalue weighted by molar-refractivity contribution is 7.14. The predicted octanol–water partition coefficient (Wildman–Crippen LogP) is 7.35. The number of aromatic nitrogens is 2. The first-order valence-electron chi connectivity index (χ1n) is 16.9. The van der Waals surface area contributed by atoms with E-state index < -0.39 is 17.9 Å². The third-order valence-corrected chi connectivity index (χ3v) is 11.3. The first-order valence-corrected chi connectivity index (χ1v) is 17.7. The molecule has 3 heterocycles. The van der Waals surface area contributed by atoms with Crippen LogP contribution in [0.5, 0.6) is 0 Å². The van der Waals surface area contributed by atoms with Crippen molar-refractivity contribution in [2.45, 2.75) is 77.2 Å². The summed E-state index contributed by atoms with van der Waals surface area (Å²) >= 11 is 1.42. The monoisotopic (exact) mass is 664 g/mol. The Hall–Kier alpha value is -4.37. The van der Waals surface area contributed by atoms with Gasteiger partial charge in [0.15, 0.2) is 5.82 Å². The maximum atomic E-state index is 13.5. The van der Waals surface area contributed by atoms with Crippen molar-refractivity contribution in [1.29, 1.82) is 0 Å². The summed E-state index contributed by atoms with van der Waals surface area (Å²) in [6, 6.07) is 19.4. The molecule has 2 amide bonds. The molecule has 0 spiro atoms. The molecule has 8 nitrogen and oxygen atoms in total. The number of carboxylic acids is 1. The largest absolute Gasteiger partial charge is 0.481 e. The topological polar surface area (TPSA) is 112 Å². The van der Waals surface area contributed by atoms with Gasteiger partial charge in [0, 0.05) is 47.9 Å². The summed E-state index contributed by atoms with van der Waals surface area (Å²) in [6.07, 6.45) is 9.12. The number of aliphatic carboxylic acids is 1. The van der Waals surface area contributed by atoms with E-state index in [1.807, 2.05) is 42.7 Å². The van der Waals surface area contributed by atoms with Gasteiger partial charge in [-0.25, -0.2) is 9.97 Å². The van der Waals surface area contributed by atoms with Gasteiger partial charge < -0.3 is 15.3 Å². The lowest BCUT2D eigenvalue weighted by Crippen LogP contribution is -2.59. The van der Waals surface area contributed by atoms with Crippen LogP contribution >= 0.6 is 11.3 Å². The lowest BCUT2D eigenvalue weighted by molar-refractivity contribution is -0.153. The molecule has 9 heteroatoms. The van der Waals surface area contributed by atoms with Crippen molar-refractivity contribution in [2.24, 2.45) is 11.8 Å². The summed E-state index contributed by atoms with van der Waals surface area (Å²) in [5, 5.41) is 12.2. The van der Waals surface area contributed by atoms with Gasteiger partial charge in [0.1, 0.15) is 6.04 Å². The number of hydrogen-bond donors (Lipinski definition) is 2. The van der Waals surface area contributed by atoms with Gasteiger partial charge in [0.05, 0.1) is 10.8 Å². The minimum Gasteiger partial charge on any atom is -0.481 e. The summed E-state index contributed by atoms with van der Waals surface area (Å²) in [5.74, 6) is 0.0144. The number of likely N-dealkylation sites (tertiary alicyclic amines) is 1. The Kier molecular flexibility index (Phi) is 9.78. The average Bonchev–Trinajstić information content (AvgIpc) is 3.56. The van der Waals surface area contributed by atoms with E-state index in [4.69, 9.17) is 0 Å². The molecular weight excluding hydrogens is 621 g/mol. The van der Waals surface area contributed by atoms with Crippen LogP contribution in [-0.4, -0.2) is 56.9 Å². The van der Waals surface area contributed by atoms with Gasteiger partial charge in [-0.1, -0.05) is 89.1 Å². The fraction of sp³-hybridized carbons (Fsp3) is 0.410. The second kappa shape index (κ2) is 14.0. The number of thiophene rings is 1. The molecule has 1 saturated heterocycles. The summed E-state index contributed by atoms with van der Waals surface area (Å²) in [5.41, 5.74) is 5.09. The molecule has 1 aliphatic carbocycles. The van der Waals surface area contributed by atoms with Crippen LogP contribution in [0.4, 0.5) is 0 Å². The molecule has 2 aliphatic rings. The zero-order valence-electron chi connectivity index (χ0n) is 28.1. The number of amides is 2. The average molecular weight is 665 g/mol. The van der Waals surface area contributed by atoms with Crippen LogP contribution in [0.2, 0.25) is 0 Å². The number of carboxylic acid groups (broad SMARTS) is 1. The molecule has 2 fully saturated rings. The number of rotatable bonds is 9. The molecule has 1 atom stereocenters. The molecule has 4 aromatic rings. The quantitative estimate of drug-likeness (QED) is 0.194. The Morgan fingerprint density at radius 3 is 2.08 bits per heavy atom. The van der Waals surface area contributed by atoms with Crippen molar-refractivity contribution >= 4 is 29.1 Å². The number of carbonyl (C=O) groups excluding carboxylic acids is 2. The zero-order valence-corrected chi connectivity index (χ0v) is 28.9. The standard InChI is InChI=1S/C39H44N4O4S/c1-24-5-9-26(10-6-24)27-13-15-28(16-14-27)30-20-40-35(41-21-30)29-11-7-25(8-12-29)19-32(37(45)43-22-31(23-43)38(46)47)42-36(44)33-17-18-34(48-33)39(2,3)4/h7-8,11-18,20-21,24,26,31-32H,5-6,9-10,19,22-23H2,1-4H3,(H,42,44)(H,46,47)/t24-,26+,32-/m0/s1. The lowest BCUT2D eigenvalue weighted by atomic mass is 9.79. The summed E-state index contributed by atoms with van der Waals surface area (Å²) in [7, 11) is 0.